The lowest BCUT2D eigenvalue weighted by molar-refractivity contribution is 0.569. The molecular formula is C73H68. The Bertz CT molecular complexity index is 3690. The Hall–Kier alpha value is -7.28. The molecule has 0 heteroatoms. The van der Waals surface area contributed by atoms with E-state index in [9.17, 15) is 0 Å². The van der Waals surface area contributed by atoms with Gasteiger partial charge in [0.25, 0.3) is 0 Å². The number of fused-ring (bicyclic) bond motifs is 7. The number of benzene rings is 10. The second-order valence-corrected chi connectivity index (χ2v) is 23.5. The Labute approximate surface area is 434 Å². The molecule has 0 fully saturated rings. The highest BCUT2D eigenvalue weighted by Gasteiger charge is 2.47. The minimum absolute atomic E-state index is 0.00543. The molecule has 0 bridgehead atoms. The van der Waals surface area contributed by atoms with E-state index in [0.29, 0.717) is 0 Å². The Morgan fingerprint density at radius 1 is 0.370 bits per heavy atom. The van der Waals surface area contributed by atoms with Crippen molar-refractivity contribution in [3.8, 4) is 66.8 Å². The fourth-order valence-electron chi connectivity index (χ4n) is 12.8. The van der Waals surface area contributed by atoms with Gasteiger partial charge in [0.2, 0.25) is 0 Å². The first-order chi connectivity index (χ1) is 35.2. The summed E-state index contributed by atoms with van der Waals surface area (Å²) in [6.45, 7) is 20.9. The number of aryl methyl sites for hydroxylation is 3. The molecule has 0 unspecified atom stereocenters. The topological polar surface area (TPSA) is 0 Å². The smallest absolute Gasteiger partial charge is 0.0654 e. The highest BCUT2D eigenvalue weighted by Crippen LogP contribution is 2.61. The van der Waals surface area contributed by atoms with Gasteiger partial charge in [0.05, 0.1) is 5.41 Å². The maximum Gasteiger partial charge on any atom is 0.0713 e. The molecule has 0 heterocycles. The fraction of sp³-hybridized carbons (Fsp3) is 0.233. The molecule has 10 aromatic carbocycles. The summed E-state index contributed by atoms with van der Waals surface area (Å²) in [4.78, 5) is 0. The number of hydrogen-bond donors (Lipinski definition) is 0. The van der Waals surface area contributed by atoms with E-state index in [-0.39, 0.29) is 10.8 Å². The lowest BCUT2D eigenvalue weighted by atomic mass is 9.66. The van der Waals surface area contributed by atoms with Crippen molar-refractivity contribution in [2.24, 2.45) is 0 Å². The third kappa shape index (κ3) is 7.63. The summed E-state index contributed by atoms with van der Waals surface area (Å²) >= 11 is 0. The Kier molecular flexibility index (Phi) is 11.4. The lowest BCUT2D eigenvalue weighted by Gasteiger charge is -2.35. The second kappa shape index (κ2) is 17.7. The molecule has 0 saturated carbocycles. The summed E-state index contributed by atoms with van der Waals surface area (Å²) in [5, 5.41) is 5.20. The molecule has 0 radical (unpaired) electrons. The van der Waals surface area contributed by atoms with Crippen LogP contribution < -0.4 is 0 Å². The molecule has 2 aliphatic carbocycles. The van der Waals surface area contributed by atoms with E-state index in [2.05, 4.69) is 250 Å². The van der Waals surface area contributed by atoms with Gasteiger partial charge >= 0.3 is 0 Å². The molecule has 2 aliphatic rings. The van der Waals surface area contributed by atoms with Crippen molar-refractivity contribution < 1.29 is 0 Å². The summed E-state index contributed by atoms with van der Waals surface area (Å²) in [5.74, 6) is 0. The first-order valence-corrected chi connectivity index (χ1v) is 27.1. The predicted molar refractivity (Wildman–Crippen MR) is 314 cm³/mol. The third-order valence-corrected chi connectivity index (χ3v) is 16.6. The minimum Gasteiger partial charge on any atom is -0.0654 e. The summed E-state index contributed by atoms with van der Waals surface area (Å²) < 4.78 is 0. The van der Waals surface area contributed by atoms with Crippen LogP contribution in [0.4, 0.5) is 0 Å². The summed E-state index contributed by atoms with van der Waals surface area (Å²) in [7, 11) is 0. The van der Waals surface area contributed by atoms with Gasteiger partial charge in [-0.1, -0.05) is 261 Å². The minimum atomic E-state index is -0.553. The van der Waals surface area contributed by atoms with Crippen molar-refractivity contribution in [1.82, 2.24) is 0 Å². The average molecular weight is 945 g/mol. The van der Waals surface area contributed by atoms with Crippen molar-refractivity contribution in [3.63, 3.8) is 0 Å². The van der Waals surface area contributed by atoms with E-state index in [1.807, 2.05) is 0 Å². The second-order valence-electron chi connectivity index (χ2n) is 23.5. The van der Waals surface area contributed by atoms with Crippen LogP contribution in [0, 0.1) is 13.8 Å². The van der Waals surface area contributed by atoms with Crippen LogP contribution in [0.25, 0.3) is 88.3 Å². The first kappa shape index (κ1) is 46.8. The maximum atomic E-state index is 2.62. The van der Waals surface area contributed by atoms with Gasteiger partial charge in [-0.3, -0.25) is 0 Å². The SMILES string of the molecule is CCCCCCc1ccc(C2(c3ccc4c(-c5ccccc5)c5c(c(-c6ccccc6)c4c3)-c3cccc4c(-c6cc(C(C)(C)C)cc(C(C)(C)C)c6)ccc-5c34)c3cc(C)ccc3-c3ccc(C)cc32)cc1. The zero-order chi connectivity index (χ0) is 50.4. The number of unbranched alkanes of at least 4 members (excludes halogenated alkanes) is 3. The van der Waals surface area contributed by atoms with Crippen molar-refractivity contribution in [3.05, 3.63) is 238 Å². The van der Waals surface area contributed by atoms with Crippen molar-refractivity contribution in [2.45, 2.75) is 111 Å². The molecule has 12 rings (SSSR count). The van der Waals surface area contributed by atoms with Crippen molar-refractivity contribution in [2.75, 3.05) is 0 Å². The summed E-state index contributed by atoms with van der Waals surface area (Å²) in [5.41, 5.74) is 27.1. The summed E-state index contributed by atoms with van der Waals surface area (Å²) in [6.07, 6.45) is 6.16. The Morgan fingerprint density at radius 3 is 1.48 bits per heavy atom. The molecule has 0 atom stereocenters. The van der Waals surface area contributed by atoms with Gasteiger partial charge in [0.1, 0.15) is 0 Å². The van der Waals surface area contributed by atoms with Crippen LogP contribution in [0.3, 0.4) is 0 Å². The molecule has 0 aromatic heterocycles. The predicted octanol–water partition coefficient (Wildman–Crippen LogP) is 20.3. The number of rotatable bonds is 10. The van der Waals surface area contributed by atoms with E-state index < -0.39 is 5.41 Å². The van der Waals surface area contributed by atoms with Gasteiger partial charge in [-0.15, -0.1) is 0 Å². The van der Waals surface area contributed by atoms with Gasteiger partial charge < -0.3 is 0 Å². The van der Waals surface area contributed by atoms with Gasteiger partial charge in [-0.25, -0.2) is 0 Å². The van der Waals surface area contributed by atoms with E-state index >= 15 is 0 Å². The van der Waals surface area contributed by atoms with Crippen LogP contribution in [0.2, 0.25) is 0 Å². The fourth-order valence-corrected chi connectivity index (χ4v) is 12.8. The average Bonchev–Trinajstić information content (AvgIpc) is 3.88. The highest BCUT2D eigenvalue weighted by atomic mass is 14.5. The first-order valence-electron chi connectivity index (χ1n) is 27.1. The molecule has 73 heavy (non-hydrogen) atoms. The zero-order valence-electron chi connectivity index (χ0n) is 44.4. The van der Waals surface area contributed by atoms with Crippen LogP contribution in [0.5, 0.6) is 0 Å². The van der Waals surface area contributed by atoms with Gasteiger partial charge in [-0.05, 0) is 171 Å². The van der Waals surface area contributed by atoms with E-state index in [1.54, 1.807) is 0 Å². The Morgan fingerprint density at radius 2 is 0.904 bits per heavy atom. The van der Waals surface area contributed by atoms with Crippen LogP contribution in [-0.4, -0.2) is 0 Å². The molecule has 0 N–H and O–H groups in total. The van der Waals surface area contributed by atoms with Gasteiger partial charge in [-0.2, -0.15) is 0 Å². The molecule has 0 spiro atoms. The molecule has 10 aromatic rings. The molecule has 0 aliphatic heterocycles. The summed E-state index contributed by atoms with van der Waals surface area (Å²) in [6, 6.07) is 73.6. The molecular weight excluding hydrogens is 877 g/mol. The quantitative estimate of drug-likeness (QED) is 0.120. The number of hydrogen-bond acceptors (Lipinski definition) is 0. The standard InChI is InChI=1S/C73H68/c1-10-11-12-15-21-48-30-32-52(33-31-48)73(64-40-46(2)28-35-57(64)58-36-29-47(3)41-65(58)73)53-34-37-60-63(45-53)67(50-24-18-14-19-25-50)69-61-27-20-26-59-56(51-42-54(71(4,5)6)44-55(43-51)72(7,8)9)38-39-62(68(59)61)70(69)66(60)49-22-16-13-17-23-49/h13-14,16-20,22-45H,10-12,15,21H2,1-9H3. The largest absolute Gasteiger partial charge is 0.0713 e. The normalized spacial score (nSPS) is 13.4. The Balaban J connectivity index is 1.18. The molecule has 360 valence electrons. The van der Waals surface area contributed by atoms with Crippen LogP contribution in [0.1, 0.15) is 124 Å². The van der Waals surface area contributed by atoms with Crippen molar-refractivity contribution >= 4 is 21.5 Å². The van der Waals surface area contributed by atoms with E-state index in [0.717, 1.165) is 6.42 Å². The van der Waals surface area contributed by atoms with Crippen LogP contribution in [-0.2, 0) is 22.7 Å². The monoisotopic (exact) mass is 945 g/mol. The zero-order valence-corrected chi connectivity index (χ0v) is 44.4. The maximum absolute atomic E-state index is 2.62. The van der Waals surface area contributed by atoms with E-state index in [4.69, 9.17) is 0 Å². The van der Waals surface area contributed by atoms with Crippen LogP contribution >= 0.6 is 0 Å². The molecule has 0 saturated heterocycles. The highest BCUT2D eigenvalue weighted by molar-refractivity contribution is 6.29. The van der Waals surface area contributed by atoms with Crippen LogP contribution in [0.15, 0.2) is 188 Å². The van der Waals surface area contributed by atoms with Gasteiger partial charge in [0.15, 0.2) is 0 Å². The molecule has 0 nitrogen and oxygen atoms in total. The van der Waals surface area contributed by atoms with Crippen molar-refractivity contribution in [1.29, 1.82) is 0 Å². The third-order valence-electron chi connectivity index (χ3n) is 16.6. The van der Waals surface area contributed by atoms with Gasteiger partial charge in [0, 0.05) is 0 Å². The van der Waals surface area contributed by atoms with E-state index in [1.165, 1.54) is 164 Å². The molecule has 0 amide bonds. The lowest BCUT2D eigenvalue weighted by Crippen LogP contribution is -2.29.